The third-order valence-electron chi connectivity index (χ3n) is 3.04. The highest BCUT2D eigenvalue weighted by atomic mass is 16.5. The highest BCUT2D eigenvalue weighted by molar-refractivity contribution is 5.04. The van der Waals surface area contributed by atoms with Gasteiger partial charge in [0.25, 0.3) is 0 Å². The molecule has 0 radical (unpaired) electrons. The van der Waals surface area contributed by atoms with Gasteiger partial charge >= 0.3 is 0 Å². The maximum absolute atomic E-state index is 6.03. The zero-order chi connectivity index (χ0) is 11.6. The Morgan fingerprint density at radius 1 is 1.40 bits per heavy atom. The van der Waals surface area contributed by atoms with Gasteiger partial charge in [0.05, 0.1) is 12.2 Å². The first-order chi connectivity index (χ1) is 6.81. The Balaban J connectivity index is 2.64. The highest BCUT2D eigenvalue weighted by Crippen LogP contribution is 2.34. The Labute approximate surface area is 94.3 Å². The molecule has 1 aliphatic rings. The summed E-state index contributed by atoms with van der Waals surface area (Å²) in [7, 11) is 4.23. The minimum absolute atomic E-state index is 0.196. The monoisotopic (exact) mass is 211 g/mol. The van der Waals surface area contributed by atoms with Gasteiger partial charge in [-0.1, -0.05) is 26.0 Å². The van der Waals surface area contributed by atoms with Crippen LogP contribution in [0.4, 0.5) is 0 Å². The number of nitrogens with zero attached hydrogens (tertiary/aromatic N) is 1. The number of hydrogen-bond donors (Lipinski definition) is 0. The van der Waals surface area contributed by atoms with Gasteiger partial charge in [-0.2, -0.15) is 0 Å². The summed E-state index contributed by atoms with van der Waals surface area (Å²) in [5.41, 5.74) is 1.53. The molecule has 1 fully saturated rings. The molecule has 2 atom stereocenters. The fourth-order valence-corrected chi connectivity index (χ4v) is 2.51. The molecule has 1 heterocycles. The van der Waals surface area contributed by atoms with E-state index in [2.05, 4.69) is 46.3 Å². The molecule has 0 N–H and O–H groups in total. The molecule has 0 bridgehead atoms. The van der Waals surface area contributed by atoms with E-state index in [1.807, 2.05) is 0 Å². The number of ether oxygens (including phenoxy) is 1. The lowest BCUT2D eigenvalue weighted by atomic mass is 9.80. The molecule has 0 aromatic heterocycles. The number of hydrogen-bond acceptors (Lipinski definition) is 2. The van der Waals surface area contributed by atoms with Crippen LogP contribution in [0.25, 0.3) is 0 Å². The van der Waals surface area contributed by atoms with Crippen molar-refractivity contribution in [1.82, 2.24) is 4.90 Å². The first-order valence-corrected chi connectivity index (χ1v) is 5.78. The number of rotatable bonds is 3. The average Bonchev–Trinajstić information content (AvgIpc) is 1.99. The Morgan fingerprint density at radius 2 is 2.00 bits per heavy atom. The van der Waals surface area contributed by atoms with Gasteiger partial charge < -0.3 is 9.64 Å². The van der Waals surface area contributed by atoms with Crippen molar-refractivity contribution in [2.24, 2.45) is 5.41 Å². The third-order valence-corrected chi connectivity index (χ3v) is 3.04. The predicted octanol–water partition coefficient (Wildman–Crippen LogP) is 2.70. The smallest absolute Gasteiger partial charge is 0.0678 e. The van der Waals surface area contributed by atoms with E-state index < -0.39 is 0 Å². The summed E-state index contributed by atoms with van der Waals surface area (Å²) in [6.07, 6.45) is 2.69. The van der Waals surface area contributed by atoms with Gasteiger partial charge in [0.1, 0.15) is 0 Å². The lowest BCUT2D eigenvalue weighted by Crippen LogP contribution is -2.44. The molecule has 88 valence electrons. The van der Waals surface area contributed by atoms with Crippen LogP contribution in [0.5, 0.6) is 0 Å². The standard InChI is InChI=1S/C13H25NO/c1-10-7-11(2)15-12(8-10)13(3,4)9-14(5)6/h11-12H,1,7-9H2,2-6H3/t11-,12-/m1/s1. The van der Waals surface area contributed by atoms with E-state index in [1.54, 1.807) is 0 Å². The van der Waals surface area contributed by atoms with Crippen molar-refractivity contribution >= 4 is 0 Å². The molecule has 0 saturated carbocycles. The van der Waals surface area contributed by atoms with Crippen LogP contribution in [0.3, 0.4) is 0 Å². The quantitative estimate of drug-likeness (QED) is 0.666. The van der Waals surface area contributed by atoms with E-state index in [0.29, 0.717) is 12.2 Å². The molecule has 0 aliphatic carbocycles. The van der Waals surface area contributed by atoms with Crippen LogP contribution in [-0.2, 0) is 4.74 Å². The van der Waals surface area contributed by atoms with Crippen molar-refractivity contribution in [2.45, 2.75) is 45.8 Å². The Morgan fingerprint density at radius 3 is 2.47 bits per heavy atom. The van der Waals surface area contributed by atoms with Crippen LogP contribution < -0.4 is 0 Å². The molecule has 1 rings (SSSR count). The Kier molecular flexibility index (Phi) is 3.96. The lowest BCUT2D eigenvalue weighted by Gasteiger charge is -2.41. The van der Waals surface area contributed by atoms with Crippen LogP contribution in [0.2, 0.25) is 0 Å². The Bertz CT molecular complexity index is 233. The van der Waals surface area contributed by atoms with Crippen LogP contribution in [0.15, 0.2) is 12.2 Å². The SMILES string of the molecule is C=C1C[C@@H](C)O[C@@H](C(C)(C)CN(C)C)C1. The molecule has 1 saturated heterocycles. The van der Waals surface area contributed by atoms with Gasteiger partial charge in [-0.3, -0.25) is 0 Å². The van der Waals surface area contributed by atoms with Crippen molar-refractivity contribution in [1.29, 1.82) is 0 Å². The van der Waals surface area contributed by atoms with Crippen LogP contribution >= 0.6 is 0 Å². The first-order valence-electron chi connectivity index (χ1n) is 5.78. The minimum Gasteiger partial charge on any atom is -0.374 e. The molecule has 0 spiro atoms. The largest absolute Gasteiger partial charge is 0.374 e. The van der Waals surface area contributed by atoms with Crippen molar-refractivity contribution in [3.8, 4) is 0 Å². The minimum atomic E-state index is 0.196. The van der Waals surface area contributed by atoms with Crippen molar-refractivity contribution in [2.75, 3.05) is 20.6 Å². The Hall–Kier alpha value is -0.340. The van der Waals surface area contributed by atoms with Crippen LogP contribution in [0.1, 0.15) is 33.6 Å². The summed E-state index contributed by atoms with van der Waals surface area (Å²) in [6.45, 7) is 11.9. The van der Waals surface area contributed by atoms with Gasteiger partial charge in [0.2, 0.25) is 0 Å². The molecule has 0 amide bonds. The van der Waals surface area contributed by atoms with Crippen LogP contribution in [0, 0.1) is 5.41 Å². The van der Waals surface area contributed by atoms with E-state index in [4.69, 9.17) is 4.74 Å². The third kappa shape index (κ3) is 3.62. The first kappa shape index (κ1) is 12.7. The van der Waals surface area contributed by atoms with Gasteiger partial charge in [-0.15, -0.1) is 0 Å². The zero-order valence-corrected chi connectivity index (χ0v) is 10.8. The van der Waals surface area contributed by atoms with Gasteiger partial charge in [0, 0.05) is 12.0 Å². The summed E-state index contributed by atoms with van der Waals surface area (Å²) in [5, 5.41) is 0. The topological polar surface area (TPSA) is 12.5 Å². The summed E-state index contributed by atoms with van der Waals surface area (Å²) < 4.78 is 6.03. The zero-order valence-electron chi connectivity index (χ0n) is 10.8. The van der Waals surface area contributed by atoms with Crippen molar-refractivity contribution < 1.29 is 4.74 Å². The maximum atomic E-state index is 6.03. The van der Waals surface area contributed by atoms with Gasteiger partial charge in [0.15, 0.2) is 0 Å². The van der Waals surface area contributed by atoms with E-state index in [-0.39, 0.29) is 5.41 Å². The molecular weight excluding hydrogens is 186 g/mol. The maximum Gasteiger partial charge on any atom is 0.0678 e. The molecule has 0 aromatic rings. The fraction of sp³-hybridized carbons (Fsp3) is 0.846. The summed E-state index contributed by atoms with van der Waals surface area (Å²) >= 11 is 0. The van der Waals surface area contributed by atoms with Gasteiger partial charge in [-0.05, 0) is 33.9 Å². The highest BCUT2D eigenvalue weighted by Gasteiger charge is 2.35. The lowest BCUT2D eigenvalue weighted by molar-refractivity contribution is -0.0860. The summed E-state index contributed by atoms with van der Waals surface area (Å²) in [4.78, 5) is 2.23. The molecule has 0 aromatic carbocycles. The fourth-order valence-electron chi connectivity index (χ4n) is 2.51. The second kappa shape index (κ2) is 4.67. The van der Waals surface area contributed by atoms with Crippen molar-refractivity contribution in [3.05, 3.63) is 12.2 Å². The normalized spacial score (nSPS) is 28.5. The molecule has 15 heavy (non-hydrogen) atoms. The molecule has 0 unspecified atom stereocenters. The molecular formula is C13H25NO. The molecule has 1 aliphatic heterocycles. The van der Waals surface area contributed by atoms with E-state index in [1.165, 1.54) is 5.57 Å². The van der Waals surface area contributed by atoms with Crippen molar-refractivity contribution in [3.63, 3.8) is 0 Å². The summed E-state index contributed by atoms with van der Waals surface area (Å²) in [5.74, 6) is 0. The van der Waals surface area contributed by atoms with E-state index >= 15 is 0 Å². The second-order valence-corrected chi connectivity index (χ2v) is 5.82. The van der Waals surface area contributed by atoms with Crippen LogP contribution in [-0.4, -0.2) is 37.7 Å². The molecule has 2 heteroatoms. The van der Waals surface area contributed by atoms with E-state index in [9.17, 15) is 0 Å². The predicted molar refractivity (Wildman–Crippen MR) is 65.0 cm³/mol. The van der Waals surface area contributed by atoms with E-state index in [0.717, 1.165) is 19.4 Å². The van der Waals surface area contributed by atoms with Gasteiger partial charge in [-0.25, -0.2) is 0 Å². The average molecular weight is 211 g/mol. The second-order valence-electron chi connectivity index (χ2n) is 5.82. The molecule has 2 nitrogen and oxygen atoms in total. The summed E-state index contributed by atoms with van der Waals surface area (Å²) in [6, 6.07) is 0.